The number of likely N-dealkylation sites (tertiary alicyclic amines) is 1. The van der Waals surface area contributed by atoms with Gasteiger partial charge in [-0.25, -0.2) is 0 Å². The van der Waals surface area contributed by atoms with E-state index in [1.54, 1.807) is 0 Å². The minimum absolute atomic E-state index is 0.125. The van der Waals surface area contributed by atoms with E-state index >= 15 is 0 Å². The first kappa shape index (κ1) is 15.7. The molecule has 1 saturated heterocycles. The molecule has 0 aromatic heterocycles. The van der Waals surface area contributed by atoms with Crippen molar-refractivity contribution in [2.75, 3.05) is 31.3 Å². The van der Waals surface area contributed by atoms with E-state index in [-0.39, 0.29) is 5.91 Å². The average Bonchev–Trinajstić information content (AvgIpc) is 2.71. The molecule has 1 unspecified atom stereocenters. The molecule has 2 rings (SSSR count). The highest BCUT2D eigenvalue weighted by Gasteiger charge is 2.27. The fourth-order valence-electron chi connectivity index (χ4n) is 3.14. The smallest absolute Gasteiger partial charge is 0.256 e. The van der Waals surface area contributed by atoms with Crippen molar-refractivity contribution in [2.24, 2.45) is 0 Å². The Hall–Kier alpha value is -1.71. The summed E-state index contributed by atoms with van der Waals surface area (Å²) in [5, 5.41) is 0. The first-order valence-electron chi connectivity index (χ1n) is 7.92. The Balaban J connectivity index is 2.35. The quantitative estimate of drug-likeness (QED) is 0.870. The molecule has 4 heteroatoms. The number of anilines is 2. The lowest BCUT2D eigenvalue weighted by molar-refractivity contribution is 0.0679. The Morgan fingerprint density at radius 3 is 2.76 bits per heavy atom. The predicted octanol–water partition coefficient (Wildman–Crippen LogP) is 3.13. The van der Waals surface area contributed by atoms with E-state index in [0.717, 1.165) is 37.1 Å². The first-order valence-corrected chi connectivity index (χ1v) is 7.92. The molecule has 1 aliphatic rings. The van der Waals surface area contributed by atoms with Crippen molar-refractivity contribution in [3.63, 3.8) is 0 Å². The molecule has 1 aromatic rings. The van der Waals surface area contributed by atoms with E-state index in [0.29, 0.717) is 11.7 Å². The molecule has 1 heterocycles. The molecule has 0 aliphatic carbocycles. The molecule has 116 valence electrons. The highest BCUT2D eigenvalue weighted by Crippen LogP contribution is 2.27. The van der Waals surface area contributed by atoms with Gasteiger partial charge in [-0.3, -0.25) is 4.79 Å². The van der Waals surface area contributed by atoms with Gasteiger partial charge in [-0.15, -0.1) is 0 Å². The van der Waals surface area contributed by atoms with E-state index in [1.165, 1.54) is 12.8 Å². The normalized spacial score (nSPS) is 19.2. The van der Waals surface area contributed by atoms with Gasteiger partial charge in [0, 0.05) is 38.1 Å². The van der Waals surface area contributed by atoms with Crippen LogP contribution in [0.2, 0.25) is 0 Å². The van der Waals surface area contributed by atoms with Crippen molar-refractivity contribution in [2.45, 2.75) is 45.1 Å². The number of hydrogen-bond donors (Lipinski definition) is 1. The van der Waals surface area contributed by atoms with Crippen molar-refractivity contribution < 1.29 is 4.79 Å². The molecule has 0 spiro atoms. The Kier molecular flexibility index (Phi) is 5.10. The third-order valence-electron chi connectivity index (χ3n) is 4.34. The summed E-state index contributed by atoms with van der Waals surface area (Å²) in [7, 11) is 3.92. The Morgan fingerprint density at radius 1 is 1.33 bits per heavy atom. The van der Waals surface area contributed by atoms with Crippen LogP contribution >= 0.6 is 0 Å². The molecule has 0 bridgehead atoms. The van der Waals surface area contributed by atoms with Gasteiger partial charge < -0.3 is 15.5 Å². The average molecular weight is 289 g/mol. The van der Waals surface area contributed by atoms with Gasteiger partial charge in [-0.2, -0.15) is 0 Å². The minimum atomic E-state index is 0.125. The molecule has 0 saturated carbocycles. The summed E-state index contributed by atoms with van der Waals surface area (Å²) < 4.78 is 0. The summed E-state index contributed by atoms with van der Waals surface area (Å²) in [5.74, 6) is 0.125. The molecule has 1 aliphatic heterocycles. The molecule has 1 aromatic carbocycles. The van der Waals surface area contributed by atoms with E-state index in [4.69, 9.17) is 5.73 Å². The van der Waals surface area contributed by atoms with E-state index in [1.807, 2.05) is 37.2 Å². The third-order valence-corrected chi connectivity index (χ3v) is 4.34. The summed E-state index contributed by atoms with van der Waals surface area (Å²) >= 11 is 0. The van der Waals surface area contributed by atoms with Crippen molar-refractivity contribution in [3.05, 3.63) is 23.8 Å². The maximum atomic E-state index is 13.0. The molecular weight excluding hydrogens is 262 g/mol. The van der Waals surface area contributed by atoms with Crippen LogP contribution in [-0.4, -0.2) is 37.5 Å². The van der Waals surface area contributed by atoms with Gasteiger partial charge in [0.2, 0.25) is 0 Å². The third kappa shape index (κ3) is 3.49. The lowest BCUT2D eigenvalue weighted by Crippen LogP contribution is -2.40. The minimum Gasteiger partial charge on any atom is -0.399 e. The number of hydrogen-bond acceptors (Lipinski definition) is 3. The highest BCUT2D eigenvalue weighted by molar-refractivity contribution is 6.00. The number of rotatable bonds is 3. The topological polar surface area (TPSA) is 49.6 Å². The number of nitrogens with two attached hydrogens (primary N) is 1. The van der Waals surface area contributed by atoms with Crippen molar-refractivity contribution >= 4 is 17.3 Å². The number of carbonyl (C=O) groups is 1. The monoisotopic (exact) mass is 289 g/mol. The molecule has 21 heavy (non-hydrogen) atoms. The maximum absolute atomic E-state index is 13.0. The summed E-state index contributed by atoms with van der Waals surface area (Å²) in [5.41, 5.74) is 8.21. The van der Waals surface area contributed by atoms with Crippen LogP contribution in [-0.2, 0) is 0 Å². The SMILES string of the molecule is CCC1CCCCCN1C(=O)c1cc(N)ccc1N(C)C. The van der Waals surface area contributed by atoms with Gasteiger partial charge in [0.1, 0.15) is 0 Å². The number of carbonyl (C=O) groups excluding carboxylic acids is 1. The number of nitrogens with zero attached hydrogens (tertiary/aromatic N) is 2. The van der Waals surface area contributed by atoms with E-state index in [9.17, 15) is 4.79 Å². The molecule has 4 nitrogen and oxygen atoms in total. The zero-order valence-electron chi connectivity index (χ0n) is 13.4. The lowest BCUT2D eigenvalue weighted by Gasteiger charge is -2.31. The number of nitrogen functional groups attached to an aromatic ring is 1. The van der Waals surface area contributed by atoms with E-state index < -0.39 is 0 Å². The van der Waals surface area contributed by atoms with Crippen LogP contribution < -0.4 is 10.6 Å². The Morgan fingerprint density at radius 2 is 2.10 bits per heavy atom. The van der Waals surface area contributed by atoms with Crippen LogP contribution in [0.15, 0.2) is 18.2 Å². The maximum Gasteiger partial charge on any atom is 0.256 e. The second-order valence-electron chi connectivity index (χ2n) is 6.08. The summed E-state index contributed by atoms with van der Waals surface area (Å²) in [6.07, 6.45) is 5.67. The fraction of sp³-hybridized carbons (Fsp3) is 0.588. The second kappa shape index (κ2) is 6.83. The fourth-order valence-corrected chi connectivity index (χ4v) is 3.14. The van der Waals surface area contributed by atoms with Gasteiger partial charge in [0.15, 0.2) is 0 Å². The van der Waals surface area contributed by atoms with Crippen LogP contribution in [0.5, 0.6) is 0 Å². The van der Waals surface area contributed by atoms with Gasteiger partial charge >= 0.3 is 0 Å². The molecule has 1 fully saturated rings. The highest BCUT2D eigenvalue weighted by atomic mass is 16.2. The summed E-state index contributed by atoms with van der Waals surface area (Å²) in [6.45, 7) is 3.03. The largest absolute Gasteiger partial charge is 0.399 e. The van der Waals surface area contributed by atoms with Crippen LogP contribution in [0.1, 0.15) is 49.4 Å². The molecule has 1 amide bonds. The molecule has 1 atom stereocenters. The zero-order chi connectivity index (χ0) is 15.4. The summed E-state index contributed by atoms with van der Waals surface area (Å²) in [6, 6.07) is 5.96. The van der Waals surface area contributed by atoms with Crippen molar-refractivity contribution in [3.8, 4) is 0 Å². The number of amides is 1. The van der Waals surface area contributed by atoms with Crippen LogP contribution in [0.3, 0.4) is 0 Å². The standard InChI is InChI=1S/C17H27N3O/c1-4-14-8-6-5-7-11-20(14)17(21)15-12-13(18)9-10-16(15)19(2)3/h9-10,12,14H,4-8,11,18H2,1-3H3. The Bertz CT molecular complexity index is 499. The summed E-state index contributed by atoms with van der Waals surface area (Å²) in [4.78, 5) is 17.1. The van der Waals surface area contributed by atoms with Crippen LogP contribution in [0, 0.1) is 0 Å². The molecule has 2 N–H and O–H groups in total. The van der Waals surface area contributed by atoms with Gasteiger partial charge in [-0.05, 0) is 37.5 Å². The van der Waals surface area contributed by atoms with E-state index in [2.05, 4.69) is 11.8 Å². The molecular formula is C17H27N3O. The first-order chi connectivity index (χ1) is 10.0. The Labute approximate surface area is 127 Å². The number of benzene rings is 1. The van der Waals surface area contributed by atoms with Crippen LogP contribution in [0.4, 0.5) is 11.4 Å². The zero-order valence-corrected chi connectivity index (χ0v) is 13.4. The lowest BCUT2D eigenvalue weighted by atomic mass is 10.0. The van der Waals surface area contributed by atoms with Crippen molar-refractivity contribution in [1.29, 1.82) is 0 Å². The van der Waals surface area contributed by atoms with Crippen LogP contribution in [0.25, 0.3) is 0 Å². The van der Waals surface area contributed by atoms with Gasteiger partial charge in [-0.1, -0.05) is 19.8 Å². The molecule has 0 radical (unpaired) electrons. The van der Waals surface area contributed by atoms with Gasteiger partial charge in [0.05, 0.1) is 5.56 Å². The predicted molar refractivity (Wildman–Crippen MR) is 88.8 cm³/mol. The second-order valence-corrected chi connectivity index (χ2v) is 6.08. The van der Waals surface area contributed by atoms with Crippen molar-refractivity contribution in [1.82, 2.24) is 4.90 Å². The van der Waals surface area contributed by atoms with Gasteiger partial charge in [0.25, 0.3) is 5.91 Å².